The molecule has 0 heterocycles. The topological polar surface area (TPSA) is 29.1 Å². The summed E-state index contributed by atoms with van der Waals surface area (Å²) in [5.74, 6) is -0.604. The highest BCUT2D eigenvalue weighted by molar-refractivity contribution is 5.99. The summed E-state index contributed by atoms with van der Waals surface area (Å²) < 4.78 is 12.8. The van der Waals surface area contributed by atoms with E-state index in [-0.39, 0.29) is 11.7 Å². The Hall–Kier alpha value is -1.64. The van der Waals surface area contributed by atoms with E-state index in [1.54, 1.807) is 19.1 Å². The van der Waals surface area contributed by atoms with Crippen LogP contribution in [0.1, 0.15) is 12.5 Å². The summed E-state index contributed by atoms with van der Waals surface area (Å²) in [6.07, 6.45) is 3.02. The van der Waals surface area contributed by atoms with Crippen LogP contribution in [0.2, 0.25) is 0 Å². The Bertz CT molecular complexity index is 372. The molecule has 1 aromatic carbocycles. The van der Waals surface area contributed by atoms with Gasteiger partial charge in [-0.05, 0) is 37.6 Å². The van der Waals surface area contributed by atoms with Crippen molar-refractivity contribution in [1.29, 1.82) is 0 Å². The number of nitrogens with one attached hydrogen (secondary N) is 1. The van der Waals surface area contributed by atoms with Crippen molar-refractivity contribution in [2.45, 2.75) is 13.8 Å². The number of halogens is 1. The Morgan fingerprint density at radius 2 is 2.21 bits per heavy atom. The number of anilines is 1. The Kier molecular flexibility index (Phi) is 3.40. The smallest absolute Gasteiger partial charge is 0.248 e. The van der Waals surface area contributed by atoms with Gasteiger partial charge in [0.15, 0.2) is 0 Å². The zero-order valence-corrected chi connectivity index (χ0v) is 8.17. The molecule has 0 saturated carbocycles. The van der Waals surface area contributed by atoms with Gasteiger partial charge in [0.1, 0.15) is 5.82 Å². The molecule has 74 valence electrons. The van der Waals surface area contributed by atoms with Gasteiger partial charge in [0.2, 0.25) is 5.91 Å². The molecule has 0 saturated heterocycles. The number of allylic oxidation sites excluding steroid dienone is 1. The third-order valence-electron chi connectivity index (χ3n) is 1.78. The van der Waals surface area contributed by atoms with Crippen molar-refractivity contribution in [3.63, 3.8) is 0 Å². The van der Waals surface area contributed by atoms with E-state index in [1.807, 2.05) is 6.92 Å². The molecule has 3 heteroatoms. The second-order valence-corrected chi connectivity index (χ2v) is 2.95. The molecule has 0 bridgehead atoms. The van der Waals surface area contributed by atoms with Gasteiger partial charge in [0.05, 0.1) is 0 Å². The third kappa shape index (κ3) is 2.69. The standard InChI is InChI=1S/C11H12FNO/c1-3-4-11(14)13-10-7-9(12)6-5-8(10)2/h3-7H,1-2H3,(H,13,14)/b4-3+. The summed E-state index contributed by atoms with van der Waals surface area (Å²) in [5.41, 5.74) is 1.34. The van der Waals surface area contributed by atoms with Crippen molar-refractivity contribution >= 4 is 11.6 Å². The van der Waals surface area contributed by atoms with E-state index in [0.29, 0.717) is 5.69 Å². The lowest BCUT2D eigenvalue weighted by Gasteiger charge is -2.05. The van der Waals surface area contributed by atoms with Crippen molar-refractivity contribution in [3.05, 3.63) is 41.7 Å². The number of rotatable bonds is 2. The summed E-state index contributed by atoms with van der Waals surface area (Å²) >= 11 is 0. The van der Waals surface area contributed by atoms with Crippen molar-refractivity contribution in [2.24, 2.45) is 0 Å². The average molecular weight is 193 g/mol. The first-order valence-corrected chi connectivity index (χ1v) is 4.33. The van der Waals surface area contributed by atoms with Crippen LogP contribution in [0, 0.1) is 12.7 Å². The second kappa shape index (κ2) is 4.56. The molecule has 1 N–H and O–H groups in total. The first-order valence-electron chi connectivity index (χ1n) is 4.33. The number of aryl methyl sites for hydroxylation is 1. The summed E-state index contributed by atoms with van der Waals surface area (Å²) in [5, 5.41) is 2.59. The van der Waals surface area contributed by atoms with Crippen molar-refractivity contribution in [1.82, 2.24) is 0 Å². The molecule has 0 spiro atoms. The highest BCUT2D eigenvalue weighted by atomic mass is 19.1. The lowest BCUT2D eigenvalue weighted by atomic mass is 10.2. The molecule has 1 amide bonds. The highest BCUT2D eigenvalue weighted by Gasteiger charge is 2.02. The van der Waals surface area contributed by atoms with Gasteiger partial charge >= 0.3 is 0 Å². The Labute approximate surface area is 82.4 Å². The molecular formula is C11H12FNO. The quantitative estimate of drug-likeness (QED) is 0.719. The molecule has 0 aromatic heterocycles. The monoisotopic (exact) mass is 193 g/mol. The lowest BCUT2D eigenvalue weighted by Crippen LogP contribution is -2.09. The van der Waals surface area contributed by atoms with Gasteiger partial charge in [-0.1, -0.05) is 12.1 Å². The van der Waals surface area contributed by atoms with Crippen LogP contribution in [0.5, 0.6) is 0 Å². The van der Waals surface area contributed by atoms with Crippen molar-refractivity contribution in [2.75, 3.05) is 5.32 Å². The lowest BCUT2D eigenvalue weighted by molar-refractivity contribution is -0.111. The fraction of sp³-hybridized carbons (Fsp3) is 0.182. The van der Waals surface area contributed by atoms with Crippen LogP contribution in [0.4, 0.5) is 10.1 Å². The van der Waals surface area contributed by atoms with E-state index in [9.17, 15) is 9.18 Å². The summed E-state index contributed by atoms with van der Waals surface area (Å²) in [7, 11) is 0. The van der Waals surface area contributed by atoms with E-state index < -0.39 is 0 Å². The van der Waals surface area contributed by atoms with E-state index in [1.165, 1.54) is 18.2 Å². The number of hydrogen-bond donors (Lipinski definition) is 1. The molecular weight excluding hydrogens is 181 g/mol. The molecule has 0 radical (unpaired) electrons. The maximum absolute atomic E-state index is 12.8. The molecule has 2 nitrogen and oxygen atoms in total. The fourth-order valence-electron chi connectivity index (χ4n) is 1.05. The van der Waals surface area contributed by atoms with Gasteiger partial charge in [-0.15, -0.1) is 0 Å². The van der Waals surface area contributed by atoms with Crippen LogP contribution in [0.25, 0.3) is 0 Å². The number of carbonyl (C=O) groups is 1. The number of benzene rings is 1. The SMILES string of the molecule is C/C=C/C(=O)Nc1cc(F)ccc1C. The van der Waals surface area contributed by atoms with Gasteiger partial charge in [-0.25, -0.2) is 4.39 Å². The predicted octanol–water partition coefficient (Wildman–Crippen LogP) is 2.65. The zero-order valence-electron chi connectivity index (χ0n) is 8.17. The summed E-state index contributed by atoms with van der Waals surface area (Å²) in [6.45, 7) is 3.56. The third-order valence-corrected chi connectivity index (χ3v) is 1.78. The first kappa shape index (κ1) is 10.4. The van der Waals surface area contributed by atoms with Crippen LogP contribution < -0.4 is 5.32 Å². The predicted molar refractivity (Wildman–Crippen MR) is 54.6 cm³/mol. The van der Waals surface area contributed by atoms with Crippen molar-refractivity contribution in [3.8, 4) is 0 Å². The second-order valence-electron chi connectivity index (χ2n) is 2.95. The van der Waals surface area contributed by atoms with Crippen LogP contribution in [0.3, 0.4) is 0 Å². The molecule has 0 aliphatic rings. The van der Waals surface area contributed by atoms with Gasteiger partial charge in [-0.2, -0.15) is 0 Å². The molecule has 14 heavy (non-hydrogen) atoms. The van der Waals surface area contributed by atoms with E-state index in [0.717, 1.165) is 5.56 Å². The largest absolute Gasteiger partial charge is 0.322 e. The minimum Gasteiger partial charge on any atom is -0.322 e. The van der Waals surface area contributed by atoms with Gasteiger partial charge in [-0.3, -0.25) is 4.79 Å². The van der Waals surface area contributed by atoms with Crippen molar-refractivity contribution < 1.29 is 9.18 Å². The van der Waals surface area contributed by atoms with Gasteiger partial charge in [0, 0.05) is 5.69 Å². The molecule has 1 rings (SSSR count). The molecule has 0 unspecified atom stereocenters. The highest BCUT2D eigenvalue weighted by Crippen LogP contribution is 2.15. The first-order chi connectivity index (χ1) is 6.63. The zero-order chi connectivity index (χ0) is 10.6. The number of carbonyl (C=O) groups excluding carboxylic acids is 1. The summed E-state index contributed by atoms with van der Waals surface area (Å²) in [6, 6.07) is 4.29. The normalized spacial score (nSPS) is 10.5. The van der Waals surface area contributed by atoms with Crippen LogP contribution in [0.15, 0.2) is 30.4 Å². The molecule has 0 aliphatic carbocycles. The maximum Gasteiger partial charge on any atom is 0.248 e. The average Bonchev–Trinajstić information content (AvgIpc) is 2.12. The van der Waals surface area contributed by atoms with Crippen LogP contribution in [-0.4, -0.2) is 5.91 Å². The number of amides is 1. The minimum atomic E-state index is -0.355. The maximum atomic E-state index is 12.8. The number of hydrogen-bond acceptors (Lipinski definition) is 1. The molecule has 0 aliphatic heterocycles. The Morgan fingerprint density at radius 3 is 2.86 bits per heavy atom. The molecule has 1 aromatic rings. The van der Waals surface area contributed by atoms with Gasteiger partial charge in [0.25, 0.3) is 0 Å². The van der Waals surface area contributed by atoms with Crippen LogP contribution >= 0.6 is 0 Å². The Balaban J connectivity index is 2.85. The van der Waals surface area contributed by atoms with E-state index in [2.05, 4.69) is 5.32 Å². The van der Waals surface area contributed by atoms with E-state index in [4.69, 9.17) is 0 Å². The molecule has 0 fully saturated rings. The Morgan fingerprint density at radius 1 is 1.50 bits per heavy atom. The van der Waals surface area contributed by atoms with E-state index >= 15 is 0 Å². The van der Waals surface area contributed by atoms with Gasteiger partial charge < -0.3 is 5.32 Å². The minimum absolute atomic E-state index is 0.249. The summed E-state index contributed by atoms with van der Waals surface area (Å²) in [4.78, 5) is 11.2. The molecule has 0 atom stereocenters. The fourth-order valence-corrected chi connectivity index (χ4v) is 1.05. The van der Waals surface area contributed by atoms with Crippen LogP contribution in [-0.2, 0) is 4.79 Å².